The maximum atomic E-state index is 7.18. The van der Waals surface area contributed by atoms with Crippen LogP contribution in [0, 0.1) is 10.7 Å². The SMILES string of the molecule is N#CS.[H-].[H-].[K+].[Na+]. The van der Waals surface area contributed by atoms with E-state index in [9.17, 15) is 0 Å². The Kier molecular flexibility index (Phi) is 50.3. The van der Waals surface area contributed by atoms with Gasteiger partial charge in [-0.05, 0) is 0 Å². The summed E-state index contributed by atoms with van der Waals surface area (Å²) in [5, 5.41) is 8.63. The summed E-state index contributed by atoms with van der Waals surface area (Å²) in [4.78, 5) is 0. The van der Waals surface area contributed by atoms with Gasteiger partial charge in [0.1, 0.15) is 5.40 Å². The van der Waals surface area contributed by atoms with E-state index in [1.165, 1.54) is 5.40 Å². The third-order valence-corrected chi connectivity index (χ3v) is 0. The number of nitriles is 1. The van der Waals surface area contributed by atoms with E-state index >= 15 is 0 Å². The third kappa shape index (κ3) is 21.2. The number of nitrogens with zero attached hydrogens (tertiary/aromatic N) is 1. The van der Waals surface area contributed by atoms with Gasteiger partial charge in [-0.3, -0.25) is 0 Å². The zero-order valence-electron chi connectivity index (χ0n) is 5.39. The van der Waals surface area contributed by atoms with Crippen LogP contribution in [0.4, 0.5) is 0 Å². The van der Waals surface area contributed by atoms with Gasteiger partial charge in [-0.25, -0.2) is 0 Å². The molecule has 0 amide bonds. The Balaban J connectivity index is -0.00000000333. The molecule has 0 heterocycles. The van der Waals surface area contributed by atoms with Crippen molar-refractivity contribution in [2.24, 2.45) is 0 Å². The maximum Gasteiger partial charge on any atom is 1.00 e. The topological polar surface area (TPSA) is 23.8 Å². The molecular formula is CH3KNNaS. The summed E-state index contributed by atoms with van der Waals surface area (Å²) in [7, 11) is 0. The van der Waals surface area contributed by atoms with Crippen molar-refractivity contribution < 1.29 is 83.8 Å². The van der Waals surface area contributed by atoms with E-state index in [-0.39, 0.29) is 83.8 Å². The standard InChI is InChI=1S/CHNS.K.Na.2H/c2-1-3;;;;/h3H;;;;/q;2*+1;2*-1. The maximum absolute atomic E-state index is 7.18. The van der Waals surface area contributed by atoms with Crippen LogP contribution < -0.4 is 80.9 Å². The number of hydrogen-bond donors (Lipinski definition) is 1. The molecule has 0 rings (SSSR count). The zero-order valence-corrected chi connectivity index (χ0v) is 9.41. The number of thiocyanates is 1. The summed E-state index contributed by atoms with van der Waals surface area (Å²) in [6.45, 7) is 0. The molecule has 0 aromatic rings. The van der Waals surface area contributed by atoms with Crippen molar-refractivity contribution in [3.8, 4) is 5.40 Å². The fourth-order valence-electron chi connectivity index (χ4n) is 0. The van der Waals surface area contributed by atoms with Gasteiger partial charge in [0.25, 0.3) is 0 Å². The molecule has 0 unspecified atom stereocenters. The molecule has 1 nitrogen and oxygen atoms in total. The first kappa shape index (κ1) is 15.6. The van der Waals surface area contributed by atoms with Crippen molar-refractivity contribution in [1.29, 1.82) is 5.26 Å². The number of hydrogen-bond acceptors (Lipinski definition) is 2. The second-order valence-corrected chi connectivity index (χ2v) is 0.300. The molecular weight excluding hydrogens is 120 g/mol. The summed E-state index contributed by atoms with van der Waals surface area (Å²) < 4.78 is 0. The molecule has 0 radical (unpaired) electrons. The molecule has 0 N–H and O–H groups in total. The summed E-state index contributed by atoms with van der Waals surface area (Å²) in [5.74, 6) is 0. The second-order valence-electron chi connectivity index (χ2n) is 0.100. The molecule has 5 heavy (non-hydrogen) atoms. The summed E-state index contributed by atoms with van der Waals surface area (Å²) >= 11 is 3.09. The van der Waals surface area contributed by atoms with Gasteiger partial charge in [0, 0.05) is 0 Å². The van der Waals surface area contributed by atoms with Crippen molar-refractivity contribution >= 4 is 12.6 Å². The molecule has 20 valence electrons. The third-order valence-electron chi connectivity index (χ3n) is 0. The summed E-state index contributed by atoms with van der Waals surface area (Å²) in [6, 6.07) is 0. The fraction of sp³-hybridized carbons (Fsp3) is 0. The molecule has 0 fully saturated rings. The Hall–Kier alpha value is 2.48. The Morgan fingerprint density at radius 3 is 1.80 bits per heavy atom. The van der Waals surface area contributed by atoms with Gasteiger partial charge < -0.3 is 2.85 Å². The molecule has 0 aromatic carbocycles. The van der Waals surface area contributed by atoms with E-state index in [1.54, 1.807) is 0 Å². The predicted molar refractivity (Wildman–Crippen MR) is 16.8 cm³/mol. The van der Waals surface area contributed by atoms with Crippen LogP contribution in [0.25, 0.3) is 0 Å². The quantitative estimate of drug-likeness (QED) is 0.194. The van der Waals surface area contributed by atoms with Crippen molar-refractivity contribution in [2.45, 2.75) is 0 Å². The zero-order chi connectivity index (χ0) is 2.71. The van der Waals surface area contributed by atoms with Crippen molar-refractivity contribution in [2.75, 3.05) is 0 Å². The van der Waals surface area contributed by atoms with Crippen LogP contribution in [0.5, 0.6) is 0 Å². The smallest absolute Gasteiger partial charge is 1.00 e. The van der Waals surface area contributed by atoms with Crippen LogP contribution in [-0.4, -0.2) is 0 Å². The van der Waals surface area contributed by atoms with Gasteiger partial charge in [-0.15, -0.1) is 0 Å². The van der Waals surface area contributed by atoms with Crippen LogP contribution in [0.3, 0.4) is 0 Å². The summed E-state index contributed by atoms with van der Waals surface area (Å²) in [6.07, 6.45) is 0. The van der Waals surface area contributed by atoms with Gasteiger partial charge in [-0.2, -0.15) is 5.26 Å². The Morgan fingerprint density at radius 2 is 1.80 bits per heavy atom. The van der Waals surface area contributed by atoms with Gasteiger partial charge in [0.15, 0.2) is 0 Å². The van der Waals surface area contributed by atoms with Crippen LogP contribution in [0.2, 0.25) is 0 Å². The van der Waals surface area contributed by atoms with E-state index < -0.39 is 0 Å². The average molecular weight is 123 g/mol. The first-order chi connectivity index (χ1) is 1.41. The molecule has 0 bridgehead atoms. The molecule has 0 aliphatic rings. The van der Waals surface area contributed by atoms with Crippen LogP contribution >= 0.6 is 12.6 Å². The van der Waals surface area contributed by atoms with Gasteiger partial charge >= 0.3 is 80.9 Å². The van der Waals surface area contributed by atoms with E-state index in [1.807, 2.05) is 0 Å². The Morgan fingerprint density at radius 1 is 1.80 bits per heavy atom. The van der Waals surface area contributed by atoms with Crippen LogP contribution in [-0.2, 0) is 0 Å². The molecule has 0 aliphatic carbocycles. The number of thiol groups is 1. The minimum atomic E-state index is 0. The van der Waals surface area contributed by atoms with Crippen molar-refractivity contribution in [1.82, 2.24) is 0 Å². The van der Waals surface area contributed by atoms with Crippen molar-refractivity contribution in [3.05, 3.63) is 0 Å². The largest absolute Gasteiger partial charge is 1.00 e. The Bertz CT molecular complexity index is 39.2. The van der Waals surface area contributed by atoms with E-state index in [4.69, 9.17) is 5.26 Å². The molecule has 0 aliphatic heterocycles. The van der Waals surface area contributed by atoms with Gasteiger partial charge in [0.05, 0.1) is 0 Å². The van der Waals surface area contributed by atoms with Gasteiger partial charge in [0.2, 0.25) is 0 Å². The molecule has 0 atom stereocenters. The van der Waals surface area contributed by atoms with E-state index in [2.05, 4.69) is 12.6 Å². The molecule has 0 saturated carbocycles. The van der Waals surface area contributed by atoms with E-state index in [0.29, 0.717) is 0 Å². The monoisotopic (exact) mass is 123 g/mol. The number of rotatable bonds is 0. The molecule has 0 saturated heterocycles. The first-order valence-corrected chi connectivity index (χ1v) is 0.894. The van der Waals surface area contributed by atoms with Crippen molar-refractivity contribution in [3.63, 3.8) is 0 Å². The minimum absolute atomic E-state index is 0. The van der Waals surface area contributed by atoms with Crippen LogP contribution in [0.15, 0.2) is 0 Å². The predicted octanol–water partition coefficient (Wildman–Crippen LogP) is -5.37. The first-order valence-electron chi connectivity index (χ1n) is 0.447. The molecule has 4 heteroatoms. The van der Waals surface area contributed by atoms with Crippen LogP contribution in [0.1, 0.15) is 2.85 Å². The fourth-order valence-corrected chi connectivity index (χ4v) is 0. The van der Waals surface area contributed by atoms with E-state index in [0.717, 1.165) is 0 Å². The second kappa shape index (κ2) is 16.1. The van der Waals surface area contributed by atoms with Gasteiger partial charge in [-0.1, -0.05) is 12.6 Å². The Labute approximate surface area is 105 Å². The summed E-state index contributed by atoms with van der Waals surface area (Å²) in [5.41, 5.74) is 0. The minimum Gasteiger partial charge on any atom is -1.00 e. The normalized spacial score (nSPS) is 1.60. The average Bonchev–Trinajstić information content (AvgIpc) is 0.918. The molecule has 0 aromatic heterocycles. The molecule has 0 spiro atoms.